The first-order chi connectivity index (χ1) is 8.28. The lowest BCUT2D eigenvalue weighted by Gasteiger charge is -2.19. The number of unbranched alkanes of at least 4 members (excludes halogenated alkanes) is 1. The van der Waals surface area contributed by atoms with E-state index in [1.165, 1.54) is 51.4 Å². The number of nitrogens with one attached hydrogen (secondary N) is 1. The predicted molar refractivity (Wildman–Crippen MR) is 79.1 cm³/mol. The van der Waals surface area contributed by atoms with Crippen molar-refractivity contribution in [2.24, 2.45) is 11.8 Å². The van der Waals surface area contributed by atoms with Crippen molar-refractivity contribution in [1.82, 2.24) is 5.32 Å². The molecule has 0 aliphatic heterocycles. The molecule has 0 radical (unpaired) electrons. The molecule has 0 amide bonds. The third-order valence-corrected chi connectivity index (χ3v) is 3.95. The first kappa shape index (κ1) is 16.5. The van der Waals surface area contributed by atoms with Gasteiger partial charge >= 0.3 is 0 Å². The van der Waals surface area contributed by atoms with Gasteiger partial charge in [0.2, 0.25) is 0 Å². The van der Waals surface area contributed by atoms with E-state index in [-0.39, 0.29) is 0 Å². The maximum Gasteiger partial charge on any atom is 0.0143 e. The van der Waals surface area contributed by atoms with Crippen molar-refractivity contribution in [2.75, 3.05) is 6.54 Å². The van der Waals surface area contributed by atoms with E-state index in [9.17, 15) is 0 Å². The van der Waals surface area contributed by atoms with Crippen LogP contribution in [0.25, 0.3) is 0 Å². The molecule has 0 aromatic rings. The van der Waals surface area contributed by atoms with Gasteiger partial charge in [0, 0.05) is 6.54 Å². The number of hydrogen-bond acceptors (Lipinski definition) is 1. The van der Waals surface area contributed by atoms with Gasteiger partial charge in [-0.05, 0) is 24.5 Å². The second-order valence-corrected chi connectivity index (χ2v) is 5.22. The molecule has 0 aromatic carbocycles. The summed E-state index contributed by atoms with van der Waals surface area (Å²) in [7, 11) is 0. The molecule has 102 valence electrons. The molecule has 1 nitrogen and oxygen atoms in total. The Bertz CT molecular complexity index is 165. The zero-order valence-electron chi connectivity index (χ0n) is 12.3. The normalized spacial score (nSPS) is 14.3. The molecule has 2 unspecified atom stereocenters. The zero-order chi connectivity index (χ0) is 12.9. The van der Waals surface area contributed by atoms with E-state index in [2.05, 4.69) is 32.7 Å². The largest absolute Gasteiger partial charge is 0.391 e. The standard InChI is InChI=1S/C16H33N/c1-5-9-10-15(6-2)11-12-16(7-3)13-14-17-8-4/h8,15-17H,4-7,9-14H2,1-3H3. The van der Waals surface area contributed by atoms with Gasteiger partial charge in [-0.15, -0.1) is 0 Å². The highest BCUT2D eigenvalue weighted by molar-refractivity contribution is 4.67. The highest BCUT2D eigenvalue weighted by Crippen LogP contribution is 2.23. The van der Waals surface area contributed by atoms with Crippen molar-refractivity contribution in [3.05, 3.63) is 12.8 Å². The van der Waals surface area contributed by atoms with E-state index in [1.807, 2.05) is 6.20 Å². The van der Waals surface area contributed by atoms with Crippen LogP contribution in [-0.4, -0.2) is 6.54 Å². The molecule has 0 saturated heterocycles. The van der Waals surface area contributed by atoms with Gasteiger partial charge in [0.1, 0.15) is 0 Å². The van der Waals surface area contributed by atoms with Crippen molar-refractivity contribution in [3.63, 3.8) is 0 Å². The third-order valence-electron chi connectivity index (χ3n) is 3.95. The predicted octanol–water partition coefficient (Wildman–Crippen LogP) is 5.13. The van der Waals surface area contributed by atoms with Crippen molar-refractivity contribution in [1.29, 1.82) is 0 Å². The Kier molecular flexibility index (Phi) is 11.7. The average Bonchev–Trinajstić information content (AvgIpc) is 2.36. The van der Waals surface area contributed by atoms with Crippen LogP contribution < -0.4 is 5.32 Å². The SMILES string of the molecule is C=CNCCC(CC)CCC(CC)CCCC. The maximum atomic E-state index is 3.69. The molecule has 0 saturated carbocycles. The minimum Gasteiger partial charge on any atom is -0.391 e. The molecule has 0 heterocycles. The Morgan fingerprint density at radius 3 is 2.00 bits per heavy atom. The molecule has 0 fully saturated rings. The van der Waals surface area contributed by atoms with Crippen LogP contribution in [-0.2, 0) is 0 Å². The van der Waals surface area contributed by atoms with E-state index in [1.54, 1.807) is 0 Å². The highest BCUT2D eigenvalue weighted by atomic mass is 14.8. The van der Waals surface area contributed by atoms with Crippen molar-refractivity contribution in [2.45, 2.75) is 72.1 Å². The van der Waals surface area contributed by atoms with Gasteiger partial charge in [-0.25, -0.2) is 0 Å². The van der Waals surface area contributed by atoms with Crippen LogP contribution in [0.5, 0.6) is 0 Å². The fraction of sp³-hybridized carbons (Fsp3) is 0.875. The molecule has 0 aliphatic carbocycles. The monoisotopic (exact) mass is 239 g/mol. The van der Waals surface area contributed by atoms with Crippen LogP contribution >= 0.6 is 0 Å². The second kappa shape index (κ2) is 12.0. The quantitative estimate of drug-likeness (QED) is 0.465. The number of rotatable bonds is 12. The molecular weight excluding hydrogens is 206 g/mol. The smallest absolute Gasteiger partial charge is 0.0143 e. The summed E-state index contributed by atoms with van der Waals surface area (Å²) in [6.07, 6.45) is 12.8. The zero-order valence-corrected chi connectivity index (χ0v) is 12.3. The first-order valence-electron chi connectivity index (χ1n) is 7.62. The lowest BCUT2D eigenvalue weighted by atomic mass is 9.88. The maximum absolute atomic E-state index is 3.69. The lowest BCUT2D eigenvalue weighted by Crippen LogP contribution is -2.13. The van der Waals surface area contributed by atoms with Crippen LogP contribution in [0.15, 0.2) is 12.8 Å². The Morgan fingerprint density at radius 1 is 0.941 bits per heavy atom. The van der Waals surface area contributed by atoms with Gasteiger partial charge in [0.05, 0.1) is 0 Å². The van der Waals surface area contributed by atoms with Gasteiger partial charge in [-0.2, -0.15) is 0 Å². The van der Waals surface area contributed by atoms with Crippen LogP contribution in [0, 0.1) is 11.8 Å². The summed E-state index contributed by atoms with van der Waals surface area (Å²) in [6.45, 7) is 11.8. The summed E-state index contributed by atoms with van der Waals surface area (Å²) >= 11 is 0. The van der Waals surface area contributed by atoms with E-state index in [0.29, 0.717) is 0 Å². The Labute approximate surface area is 109 Å². The van der Waals surface area contributed by atoms with Gasteiger partial charge in [-0.1, -0.05) is 72.3 Å². The molecule has 1 N–H and O–H groups in total. The molecule has 1 heteroatoms. The molecule has 0 bridgehead atoms. The molecular formula is C16H33N. The molecule has 2 atom stereocenters. The van der Waals surface area contributed by atoms with Gasteiger partial charge in [-0.3, -0.25) is 0 Å². The van der Waals surface area contributed by atoms with Crippen LogP contribution in [0.2, 0.25) is 0 Å². The van der Waals surface area contributed by atoms with Gasteiger partial charge in [0.15, 0.2) is 0 Å². The summed E-state index contributed by atoms with van der Waals surface area (Å²) in [5.74, 6) is 1.87. The van der Waals surface area contributed by atoms with E-state index < -0.39 is 0 Å². The fourth-order valence-electron chi connectivity index (χ4n) is 2.46. The fourth-order valence-corrected chi connectivity index (χ4v) is 2.46. The minimum atomic E-state index is 0.901. The van der Waals surface area contributed by atoms with Crippen molar-refractivity contribution in [3.8, 4) is 0 Å². The Balaban J connectivity index is 3.73. The molecule has 17 heavy (non-hydrogen) atoms. The van der Waals surface area contributed by atoms with Crippen LogP contribution in [0.1, 0.15) is 72.1 Å². The third kappa shape index (κ3) is 9.26. The molecule has 0 rings (SSSR count). The molecule has 0 spiro atoms. The second-order valence-electron chi connectivity index (χ2n) is 5.22. The van der Waals surface area contributed by atoms with E-state index in [0.717, 1.165) is 18.4 Å². The molecule has 0 aromatic heterocycles. The lowest BCUT2D eigenvalue weighted by molar-refractivity contribution is 0.342. The van der Waals surface area contributed by atoms with Gasteiger partial charge in [0.25, 0.3) is 0 Å². The minimum absolute atomic E-state index is 0.901. The average molecular weight is 239 g/mol. The van der Waals surface area contributed by atoms with Crippen LogP contribution in [0.3, 0.4) is 0 Å². The first-order valence-corrected chi connectivity index (χ1v) is 7.62. The highest BCUT2D eigenvalue weighted by Gasteiger charge is 2.10. The summed E-state index contributed by atoms with van der Waals surface area (Å²) in [5.41, 5.74) is 0. The van der Waals surface area contributed by atoms with Gasteiger partial charge < -0.3 is 5.32 Å². The number of hydrogen-bond donors (Lipinski definition) is 1. The van der Waals surface area contributed by atoms with E-state index >= 15 is 0 Å². The summed E-state index contributed by atoms with van der Waals surface area (Å²) < 4.78 is 0. The summed E-state index contributed by atoms with van der Waals surface area (Å²) in [4.78, 5) is 0. The van der Waals surface area contributed by atoms with Crippen molar-refractivity contribution >= 4 is 0 Å². The van der Waals surface area contributed by atoms with E-state index in [4.69, 9.17) is 0 Å². The van der Waals surface area contributed by atoms with Crippen LogP contribution in [0.4, 0.5) is 0 Å². The Hall–Kier alpha value is -0.460. The van der Waals surface area contributed by atoms with Crippen molar-refractivity contribution < 1.29 is 0 Å². The summed E-state index contributed by atoms with van der Waals surface area (Å²) in [5, 5.41) is 3.21. The molecule has 0 aliphatic rings. The topological polar surface area (TPSA) is 12.0 Å². The summed E-state index contributed by atoms with van der Waals surface area (Å²) in [6, 6.07) is 0. The Morgan fingerprint density at radius 2 is 1.53 bits per heavy atom.